The Kier molecular flexibility index (Phi) is 3.14. The molecule has 0 unspecified atom stereocenters. The number of ether oxygens (including phenoxy) is 2. The van der Waals surface area contributed by atoms with Crippen molar-refractivity contribution in [3.8, 4) is 0 Å². The average molecular weight is 241 g/mol. The van der Waals surface area contributed by atoms with Crippen LogP contribution in [-0.2, 0) is 9.47 Å². The summed E-state index contributed by atoms with van der Waals surface area (Å²) in [6.45, 7) is 0.0820. The molecule has 0 spiro atoms. The molecule has 1 saturated heterocycles. The van der Waals surface area contributed by atoms with Crippen molar-refractivity contribution in [1.82, 2.24) is 9.55 Å². The molecule has 0 aromatic carbocycles. The van der Waals surface area contributed by atoms with Crippen LogP contribution in [-0.4, -0.2) is 40.6 Å². The van der Waals surface area contributed by atoms with Gasteiger partial charge in [0.05, 0.1) is 13.2 Å². The maximum absolute atomic E-state index is 11.6. The fraction of sp³-hybridized carbons (Fsp3) is 0.600. The topological polar surface area (TPSA) is 99.6 Å². The third kappa shape index (κ3) is 2.17. The molecule has 7 nitrogen and oxygen atoms in total. The molecule has 1 aliphatic heterocycles. The zero-order chi connectivity index (χ0) is 12.5. The van der Waals surface area contributed by atoms with Gasteiger partial charge in [-0.3, -0.25) is 4.57 Å². The summed E-state index contributed by atoms with van der Waals surface area (Å²) in [6.07, 6.45) is 1.44. The predicted molar refractivity (Wildman–Crippen MR) is 59.3 cm³/mol. The van der Waals surface area contributed by atoms with E-state index in [1.54, 1.807) is 0 Å². The normalized spacial score (nSPS) is 28.5. The molecule has 0 aliphatic carbocycles. The number of nitrogens with zero attached hydrogens (tertiary/aromatic N) is 2. The summed E-state index contributed by atoms with van der Waals surface area (Å²) in [6, 6.07) is 1.52. The fourth-order valence-corrected chi connectivity index (χ4v) is 1.82. The van der Waals surface area contributed by atoms with Crippen LogP contribution in [0.4, 0.5) is 5.82 Å². The van der Waals surface area contributed by atoms with Crippen LogP contribution < -0.4 is 11.4 Å². The summed E-state index contributed by atoms with van der Waals surface area (Å²) in [5, 5.41) is 9.27. The third-order valence-corrected chi connectivity index (χ3v) is 2.97. The molecule has 1 aliphatic rings. The number of hydrogen-bond donors (Lipinski definition) is 2. The quantitative estimate of drug-likeness (QED) is 0.713. The summed E-state index contributed by atoms with van der Waals surface area (Å²) in [5.74, 6) is 0.171. The van der Waals surface area contributed by atoms with E-state index < -0.39 is 17.5 Å². The molecule has 0 saturated carbocycles. The molecule has 2 heterocycles. The molecule has 2 atom stereocenters. The molecule has 7 heteroatoms. The number of nitrogen functional groups attached to an aromatic ring is 1. The first kappa shape index (κ1) is 12.0. The lowest BCUT2D eigenvalue weighted by Crippen LogP contribution is -2.36. The van der Waals surface area contributed by atoms with E-state index in [9.17, 15) is 9.90 Å². The number of aliphatic hydroxyl groups is 1. The van der Waals surface area contributed by atoms with E-state index in [0.717, 1.165) is 0 Å². The van der Waals surface area contributed by atoms with E-state index in [1.807, 2.05) is 0 Å². The van der Waals surface area contributed by atoms with Gasteiger partial charge in [-0.2, -0.15) is 4.98 Å². The molecule has 2 rings (SSSR count). The molecule has 3 N–H and O–H groups in total. The van der Waals surface area contributed by atoms with Gasteiger partial charge in [0.25, 0.3) is 0 Å². The summed E-state index contributed by atoms with van der Waals surface area (Å²) in [4.78, 5) is 15.2. The maximum atomic E-state index is 11.6. The van der Waals surface area contributed by atoms with Gasteiger partial charge in [-0.1, -0.05) is 0 Å². The van der Waals surface area contributed by atoms with E-state index in [0.29, 0.717) is 6.42 Å². The molecule has 1 aromatic rings. The second-order valence-corrected chi connectivity index (χ2v) is 4.06. The van der Waals surface area contributed by atoms with Crippen LogP contribution in [0.3, 0.4) is 0 Å². The smallest absolute Gasteiger partial charge is 0.351 e. The summed E-state index contributed by atoms with van der Waals surface area (Å²) in [7, 11) is 1.51. The lowest BCUT2D eigenvalue weighted by Gasteiger charge is -2.22. The van der Waals surface area contributed by atoms with Crippen molar-refractivity contribution in [3.05, 3.63) is 22.7 Å². The van der Waals surface area contributed by atoms with Gasteiger partial charge in [0.1, 0.15) is 17.6 Å². The number of aliphatic hydroxyl groups excluding tert-OH is 1. The summed E-state index contributed by atoms with van der Waals surface area (Å²) >= 11 is 0. The Balaban J connectivity index is 2.23. The minimum absolute atomic E-state index is 0.156. The van der Waals surface area contributed by atoms with Crippen LogP contribution in [0.15, 0.2) is 17.1 Å². The van der Waals surface area contributed by atoms with Gasteiger partial charge in [-0.05, 0) is 6.07 Å². The number of anilines is 1. The Morgan fingerprint density at radius 1 is 1.82 bits per heavy atom. The molecular weight excluding hydrogens is 226 g/mol. The van der Waals surface area contributed by atoms with Gasteiger partial charge in [-0.25, -0.2) is 4.79 Å². The SMILES string of the molecule is CO[C@@]1(CO)CO[C@@H](n2ccc(N)nc2=O)C1. The van der Waals surface area contributed by atoms with Crippen molar-refractivity contribution >= 4 is 5.82 Å². The number of rotatable bonds is 3. The Bertz CT molecular complexity index is 455. The highest BCUT2D eigenvalue weighted by atomic mass is 16.6. The van der Waals surface area contributed by atoms with Gasteiger partial charge in [0.15, 0.2) is 0 Å². The highest BCUT2D eigenvalue weighted by molar-refractivity contribution is 5.23. The first-order chi connectivity index (χ1) is 8.10. The lowest BCUT2D eigenvalue weighted by molar-refractivity contribution is -0.0557. The average Bonchev–Trinajstić information content (AvgIpc) is 2.74. The van der Waals surface area contributed by atoms with E-state index in [1.165, 1.54) is 23.9 Å². The molecule has 0 radical (unpaired) electrons. The summed E-state index contributed by atoms with van der Waals surface area (Å²) < 4.78 is 12.0. The van der Waals surface area contributed by atoms with Crippen LogP contribution >= 0.6 is 0 Å². The van der Waals surface area contributed by atoms with E-state index >= 15 is 0 Å². The molecule has 1 aromatic heterocycles. The van der Waals surface area contributed by atoms with E-state index in [2.05, 4.69) is 4.98 Å². The van der Waals surface area contributed by atoms with Crippen molar-refractivity contribution in [2.75, 3.05) is 26.1 Å². The highest BCUT2D eigenvalue weighted by Crippen LogP contribution is 2.32. The number of aromatic nitrogens is 2. The van der Waals surface area contributed by atoms with Gasteiger partial charge >= 0.3 is 5.69 Å². The maximum Gasteiger partial charge on any atom is 0.351 e. The third-order valence-electron chi connectivity index (χ3n) is 2.97. The minimum Gasteiger partial charge on any atom is -0.393 e. The number of nitrogens with two attached hydrogens (primary N) is 1. The van der Waals surface area contributed by atoms with Gasteiger partial charge in [-0.15, -0.1) is 0 Å². The molecule has 0 bridgehead atoms. The zero-order valence-electron chi connectivity index (χ0n) is 9.50. The second-order valence-electron chi connectivity index (χ2n) is 4.06. The van der Waals surface area contributed by atoms with Crippen LogP contribution in [0.1, 0.15) is 12.6 Å². The van der Waals surface area contributed by atoms with Crippen molar-refractivity contribution in [3.63, 3.8) is 0 Å². The van der Waals surface area contributed by atoms with Gasteiger partial charge in [0.2, 0.25) is 0 Å². The summed E-state index contributed by atoms with van der Waals surface area (Å²) in [5.41, 5.74) is 4.18. The molecule has 94 valence electrons. The molecule has 17 heavy (non-hydrogen) atoms. The van der Waals surface area contributed by atoms with Crippen molar-refractivity contribution in [1.29, 1.82) is 0 Å². The largest absolute Gasteiger partial charge is 0.393 e. The first-order valence-corrected chi connectivity index (χ1v) is 5.22. The Hall–Kier alpha value is -1.44. The number of hydrogen-bond acceptors (Lipinski definition) is 6. The first-order valence-electron chi connectivity index (χ1n) is 5.22. The minimum atomic E-state index is -0.745. The predicted octanol–water partition coefficient (Wildman–Crippen LogP) is -0.878. The molecule has 0 amide bonds. The standard InChI is InChI=1S/C10H15N3O4/c1-16-10(5-14)4-8(17-6-10)13-3-2-7(11)12-9(13)15/h2-3,8,14H,4-6H2,1H3,(H2,11,12,15)/t8-,10+/m1/s1. The highest BCUT2D eigenvalue weighted by Gasteiger charge is 2.41. The Morgan fingerprint density at radius 2 is 2.59 bits per heavy atom. The zero-order valence-corrected chi connectivity index (χ0v) is 9.50. The van der Waals surface area contributed by atoms with Crippen LogP contribution in [0.2, 0.25) is 0 Å². The lowest BCUT2D eigenvalue weighted by atomic mass is 10.0. The molecule has 1 fully saturated rings. The monoisotopic (exact) mass is 241 g/mol. The fourth-order valence-electron chi connectivity index (χ4n) is 1.82. The van der Waals surface area contributed by atoms with Crippen LogP contribution in [0.5, 0.6) is 0 Å². The van der Waals surface area contributed by atoms with Crippen molar-refractivity contribution in [2.24, 2.45) is 0 Å². The van der Waals surface area contributed by atoms with Crippen LogP contribution in [0, 0.1) is 0 Å². The van der Waals surface area contributed by atoms with Crippen LogP contribution in [0.25, 0.3) is 0 Å². The van der Waals surface area contributed by atoms with E-state index in [-0.39, 0.29) is 19.0 Å². The second kappa shape index (κ2) is 4.44. The Morgan fingerprint density at radius 3 is 3.12 bits per heavy atom. The van der Waals surface area contributed by atoms with Gasteiger partial charge < -0.3 is 20.3 Å². The van der Waals surface area contributed by atoms with Crippen molar-refractivity contribution < 1.29 is 14.6 Å². The van der Waals surface area contributed by atoms with Gasteiger partial charge in [0, 0.05) is 19.7 Å². The molecular formula is C10H15N3O4. The van der Waals surface area contributed by atoms with Crippen molar-refractivity contribution in [2.45, 2.75) is 18.2 Å². The Labute approximate surface area is 97.8 Å². The van der Waals surface area contributed by atoms with E-state index in [4.69, 9.17) is 15.2 Å². The number of methoxy groups -OCH3 is 1.